The number of benzene rings is 1. The fraction of sp³-hybridized carbons (Fsp3) is 0.333. The SMILES string of the molecule is c1cc(-c2ccc(CN3CCCC3)cc2)cs1. The van der Waals surface area contributed by atoms with Crippen LogP contribution in [0.15, 0.2) is 41.1 Å². The highest BCUT2D eigenvalue weighted by molar-refractivity contribution is 7.08. The molecule has 0 spiro atoms. The molecule has 1 fully saturated rings. The number of likely N-dealkylation sites (tertiary alicyclic amines) is 1. The van der Waals surface area contributed by atoms with Gasteiger partial charge in [-0.15, -0.1) is 0 Å². The van der Waals surface area contributed by atoms with Crippen molar-refractivity contribution in [3.05, 3.63) is 46.7 Å². The molecule has 0 amide bonds. The topological polar surface area (TPSA) is 3.24 Å². The van der Waals surface area contributed by atoms with Crippen LogP contribution in [0, 0.1) is 0 Å². The van der Waals surface area contributed by atoms with Crippen LogP contribution in [0.25, 0.3) is 11.1 Å². The highest BCUT2D eigenvalue weighted by Gasteiger charge is 2.11. The lowest BCUT2D eigenvalue weighted by atomic mass is 10.1. The van der Waals surface area contributed by atoms with E-state index in [1.54, 1.807) is 11.3 Å². The van der Waals surface area contributed by atoms with E-state index in [1.807, 2.05) is 0 Å². The summed E-state index contributed by atoms with van der Waals surface area (Å²) in [6.07, 6.45) is 2.74. The van der Waals surface area contributed by atoms with E-state index in [2.05, 4.69) is 46.0 Å². The standard InChI is InChI=1S/C15H17NS/c1-2-9-16(8-1)11-13-3-5-14(6-4-13)15-7-10-17-12-15/h3-7,10,12H,1-2,8-9,11H2. The summed E-state index contributed by atoms with van der Waals surface area (Å²) in [7, 11) is 0. The Morgan fingerprint density at radius 2 is 1.71 bits per heavy atom. The minimum atomic E-state index is 1.11. The van der Waals surface area contributed by atoms with Crippen LogP contribution in [0.2, 0.25) is 0 Å². The molecule has 3 rings (SSSR count). The second kappa shape index (κ2) is 5.03. The van der Waals surface area contributed by atoms with Crippen LogP contribution in [0.3, 0.4) is 0 Å². The van der Waals surface area contributed by atoms with Gasteiger partial charge in [-0.1, -0.05) is 24.3 Å². The van der Waals surface area contributed by atoms with Crippen molar-refractivity contribution in [2.45, 2.75) is 19.4 Å². The lowest BCUT2D eigenvalue weighted by Gasteiger charge is -2.14. The first-order valence-corrected chi connectivity index (χ1v) is 7.20. The van der Waals surface area contributed by atoms with E-state index >= 15 is 0 Å². The van der Waals surface area contributed by atoms with E-state index in [1.165, 1.54) is 42.6 Å². The van der Waals surface area contributed by atoms with Gasteiger partial charge in [-0.3, -0.25) is 4.90 Å². The smallest absolute Gasteiger partial charge is 0.0233 e. The minimum absolute atomic E-state index is 1.11. The van der Waals surface area contributed by atoms with Gasteiger partial charge in [0.15, 0.2) is 0 Å². The molecule has 0 bridgehead atoms. The molecule has 0 N–H and O–H groups in total. The zero-order valence-electron chi connectivity index (χ0n) is 9.93. The highest BCUT2D eigenvalue weighted by atomic mass is 32.1. The summed E-state index contributed by atoms with van der Waals surface area (Å²) in [5, 5.41) is 4.34. The minimum Gasteiger partial charge on any atom is -0.299 e. The number of nitrogens with zero attached hydrogens (tertiary/aromatic N) is 1. The lowest BCUT2D eigenvalue weighted by molar-refractivity contribution is 0.331. The molecule has 17 heavy (non-hydrogen) atoms. The Kier molecular flexibility index (Phi) is 3.25. The number of rotatable bonds is 3. The molecular formula is C15H17NS. The molecule has 1 aliphatic heterocycles. The van der Waals surface area contributed by atoms with Crippen molar-refractivity contribution in [2.75, 3.05) is 13.1 Å². The molecule has 88 valence electrons. The molecule has 1 aromatic heterocycles. The van der Waals surface area contributed by atoms with Gasteiger partial charge in [0.25, 0.3) is 0 Å². The zero-order valence-corrected chi connectivity index (χ0v) is 10.7. The first kappa shape index (κ1) is 11.0. The predicted octanol–water partition coefficient (Wildman–Crippen LogP) is 4.01. The van der Waals surface area contributed by atoms with Crippen molar-refractivity contribution in [1.29, 1.82) is 0 Å². The van der Waals surface area contributed by atoms with E-state index in [-0.39, 0.29) is 0 Å². The summed E-state index contributed by atoms with van der Waals surface area (Å²) in [6.45, 7) is 3.66. The van der Waals surface area contributed by atoms with Gasteiger partial charge in [0.05, 0.1) is 0 Å². The van der Waals surface area contributed by atoms with Crippen LogP contribution >= 0.6 is 11.3 Å². The maximum atomic E-state index is 2.54. The van der Waals surface area contributed by atoms with Crippen LogP contribution in [-0.2, 0) is 6.54 Å². The average molecular weight is 243 g/mol. The van der Waals surface area contributed by atoms with Crippen molar-refractivity contribution < 1.29 is 0 Å². The maximum absolute atomic E-state index is 2.54. The van der Waals surface area contributed by atoms with Gasteiger partial charge in [0.1, 0.15) is 0 Å². The molecule has 0 saturated carbocycles. The van der Waals surface area contributed by atoms with E-state index in [0.29, 0.717) is 0 Å². The summed E-state index contributed by atoms with van der Waals surface area (Å²) < 4.78 is 0. The van der Waals surface area contributed by atoms with E-state index in [4.69, 9.17) is 0 Å². The van der Waals surface area contributed by atoms with Crippen LogP contribution in [0.5, 0.6) is 0 Å². The molecule has 0 atom stereocenters. The second-order valence-corrected chi connectivity index (χ2v) is 5.47. The van der Waals surface area contributed by atoms with Crippen molar-refractivity contribution in [1.82, 2.24) is 4.90 Å². The monoisotopic (exact) mass is 243 g/mol. The highest BCUT2D eigenvalue weighted by Crippen LogP contribution is 2.23. The van der Waals surface area contributed by atoms with Crippen molar-refractivity contribution in [3.63, 3.8) is 0 Å². The Morgan fingerprint density at radius 3 is 2.35 bits per heavy atom. The van der Waals surface area contributed by atoms with Crippen LogP contribution in [0.4, 0.5) is 0 Å². The summed E-state index contributed by atoms with van der Waals surface area (Å²) in [4.78, 5) is 2.54. The largest absolute Gasteiger partial charge is 0.299 e. The third kappa shape index (κ3) is 2.59. The second-order valence-electron chi connectivity index (χ2n) is 4.69. The van der Waals surface area contributed by atoms with Crippen LogP contribution in [-0.4, -0.2) is 18.0 Å². The molecule has 1 saturated heterocycles. The number of hydrogen-bond donors (Lipinski definition) is 0. The molecule has 2 heterocycles. The van der Waals surface area contributed by atoms with E-state index in [9.17, 15) is 0 Å². The lowest BCUT2D eigenvalue weighted by Crippen LogP contribution is -2.18. The Balaban J connectivity index is 1.71. The third-order valence-electron chi connectivity index (χ3n) is 3.41. The molecule has 0 aliphatic carbocycles. The van der Waals surface area contributed by atoms with Gasteiger partial charge in [-0.25, -0.2) is 0 Å². The zero-order chi connectivity index (χ0) is 11.5. The van der Waals surface area contributed by atoms with Gasteiger partial charge >= 0.3 is 0 Å². The molecular weight excluding hydrogens is 226 g/mol. The Hall–Kier alpha value is -1.12. The van der Waals surface area contributed by atoms with Gasteiger partial charge in [-0.05, 0) is 59.4 Å². The fourth-order valence-electron chi connectivity index (χ4n) is 2.43. The molecule has 0 radical (unpaired) electrons. The average Bonchev–Trinajstić information content (AvgIpc) is 3.01. The van der Waals surface area contributed by atoms with Gasteiger partial charge in [0, 0.05) is 6.54 Å². The summed E-state index contributed by atoms with van der Waals surface area (Å²) in [5.41, 5.74) is 4.10. The van der Waals surface area contributed by atoms with Gasteiger partial charge in [-0.2, -0.15) is 11.3 Å². The molecule has 1 aliphatic rings. The Bertz CT molecular complexity index is 452. The van der Waals surface area contributed by atoms with Gasteiger partial charge < -0.3 is 0 Å². The van der Waals surface area contributed by atoms with Crippen molar-refractivity contribution >= 4 is 11.3 Å². The first-order chi connectivity index (χ1) is 8.42. The van der Waals surface area contributed by atoms with Crippen LogP contribution < -0.4 is 0 Å². The Labute approximate surface area is 107 Å². The summed E-state index contributed by atoms with van der Waals surface area (Å²) in [6, 6.07) is 11.2. The molecule has 1 nitrogen and oxygen atoms in total. The normalized spacial score (nSPS) is 16.5. The molecule has 0 unspecified atom stereocenters. The fourth-order valence-corrected chi connectivity index (χ4v) is 3.10. The molecule has 1 aromatic carbocycles. The summed E-state index contributed by atoms with van der Waals surface area (Å²) >= 11 is 1.76. The number of hydrogen-bond acceptors (Lipinski definition) is 2. The maximum Gasteiger partial charge on any atom is 0.0233 e. The van der Waals surface area contributed by atoms with Crippen LogP contribution in [0.1, 0.15) is 18.4 Å². The van der Waals surface area contributed by atoms with E-state index < -0.39 is 0 Å². The number of thiophene rings is 1. The van der Waals surface area contributed by atoms with Gasteiger partial charge in [0.2, 0.25) is 0 Å². The van der Waals surface area contributed by atoms with Crippen molar-refractivity contribution in [2.24, 2.45) is 0 Å². The van der Waals surface area contributed by atoms with E-state index in [0.717, 1.165) is 6.54 Å². The Morgan fingerprint density at radius 1 is 0.941 bits per heavy atom. The third-order valence-corrected chi connectivity index (χ3v) is 4.10. The van der Waals surface area contributed by atoms with Crippen molar-refractivity contribution in [3.8, 4) is 11.1 Å². The predicted molar refractivity (Wildman–Crippen MR) is 74.3 cm³/mol. The quantitative estimate of drug-likeness (QED) is 0.787. The summed E-state index contributed by atoms with van der Waals surface area (Å²) in [5.74, 6) is 0. The molecule has 2 heteroatoms. The molecule has 2 aromatic rings. The first-order valence-electron chi connectivity index (χ1n) is 6.26.